The highest BCUT2D eigenvalue weighted by Crippen LogP contribution is 2.27. The van der Waals surface area contributed by atoms with Crippen LogP contribution in [0.2, 0.25) is 0 Å². The monoisotopic (exact) mass is 358 g/mol. The number of nitrogens with zero attached hydrogens (tertiary/aromatic N) is 7. The number of aryl methyl sites for hydroxylation is 2. The van der Waals surface area contributed by atoms with Gasteiger partial charge in [-0.05, 0) is 31.2 Å². The van der Waals surface area contributed by atoms with Crippen LogP contribution >= 0.6 is 0 Å². The molecule has 4 aromatic heterocycles. The van der Waals surface area contributed by atoms with Gasteiger partial charge in [0.25, 0.3) is 0 Å². The first-order chi connectivity index (χ1) is 13.1. The number of benzene rings is 1. The standard InChI is InChI=1S/C18H14N8O/c1-10-7-8-26(23-10)18-16(19-13-5-6-15(27)20-17(13)21-18)11-3-4-12-14(9-11)25(2)24-22-12/h3-9H,1-2H3,(H,20,21,27). The minimum absolute atomic E-state index is 0.227. The van der Waals surface area contributed by atoms with Crippen LogP contribution in [0.5, 0.6) is 0 Å². The molecule has 0 fully saturated rings. The zero-order valence-corrected chi connectivity index (χ0v) is 14.6. The molecule has 0 saturated carbocycles. The van der Waals surface area contributed by atoms with Gasteiger partial charge in [-0.15, -0.1) is 5.10 Å². The third-order valence-electron chi connectivity index (χ3n) is 4.36. The van der Waals surface area contributed by atoms with Gasteiger partial charge in [-0.25, -0.2) is 19.3 Å². The molecule has 0 amide bonds. The van der Waals surface area contributed by atoms with Gasteiger partial charge >= 0.3 is 0 Å². The quantitative estimate of drug-likeness (QED) is 0.515. The summed E-state index contributed by atoms with van der Waals surface area (Å²) in [5.74, 6) is 0.534. The largest absolute Gasteiger partial charge is 0.305 e. The first-order valence-electron chi connectivity index (χ1n) is 8.32. The Morgan fingerprint density at radius 3 is 2.70 bits per heavy atom. The van der Waals surface area contributed by atoms with Crippen LogP contribution in [0.25, 0.3) is 39.3 Å². The number of aromatic nitrogens is 8. The Hall–Kier alpha value is -3.88. The van der Waals surface area contributed by atoms with Crippen molar-refractivity contribution in [3.8, 4) is 17.1 Å². The Labute approximate surface area is 152 Å². The smallest absolute Gasteiger partial charge is 0.249 e. The van der Waals surface area contributed by atoms with Gasteiger partial charge in [-0.3, -0.25) is 4.79 Å². The lowest BCUT2D eigenvalue weighted by Gasteiger charge is -2.10. The zero-order valence-electron chi connectivity index (χ0n) is 14.6. The maximum Gasteiger partial charge on any atom is 0.249 e. The van der Waals surface area contributed by atoms with E-state index in [0.29, 0.717) is 22.7 Å². The average Bonchev–Trinajstić information content (AvgIpc) is 3.26. The lowest BCUT2D eigenvalue weighted by molar-refractivity contribution is 0.736. The Balaban J connectivity index is 1.84. The summed E-state index contributed by atoms with van der Waals surface area (Å²) in [5.41, 5.74) is 4.84. The third kappa shape index (κ3) is 2.48. The van der Waals surface area contributed by atoms with E-state index in [1.807, 2.05) is 44.4 Å². The predicted molar refractivity (Wildman–Crippen MR) is 99.5 cm³/mol. The summed E-state index contributed by atoms with van der Waals surface area (Å²) in [6.45, 7) is 1.90. The molecule has 0 bridgehead atoms. The van der Waals surface area contributed by atoms with Crippen LogP contribution in [0.1, 0.15) is 5.69 Å². The molecule has 0 unspecified atom stereocenters. The fraction of sp³-hybridized carbons (Fsp3) is 0.111. The van der Waals surface area contributed by atoms with Gasteiger partial charge in [-0.2, -0.15) is 5.10 Å². The van der Waals surface area contributed by atoms with Gasteiger partial charge in [-0.1, -0.05) is 11.3 Å². The third-order valence-corrected chi connectivity index (χ3v) is 4.36. The van der Waals surface area contributed by atoms with E-state index < -0.39 is 0 Å². The number of pyridine rings is 1. The van der Waals surface area contributed by atoms with Crippen molar-refractivity contribution < 1.29 is 0 Å². The minimum atomic E-state index is -0.227. The van der Waals surface area contributed by atoms with Crippen molar-refractivity contribution in [3.05, 3.63) is 58.6 Å². The number of nitrogens with one attached hydrogen (secondary N) is 1. The summed E-state index contributed by atoms with van der Waals surface area (Å²) >= 11 is 0. The number of aromatic amines is 1. The predicted octanol–water partition coefficient (Wildman–Crippen LogP) is 1.76. The molecule has 0 aliphatic rings. The summed E-state index contributed by atoms with van der Waals surface area (Å²) in [5, 5.41) is 12.6. The molecule has 0 aliphatic heterocycles. The lowest BCUT2D eigenvalue weighted by atomic mass is 10.1. The van der Waals surface area contributed by atoms with Crippen molar-refractivity contribution in [1.29, 1.82) is 0 Å². The van der Waals surface area contributed by atoms with Gasteiger partial charge in [0.1, 0.15) is 16.7 Å². The second-order valence-corrected chi connectivity index (χ2v) is 6.27. The van der Waals surface area contributed by atoms with Gasteiger partial charge in [0.2, 0.25) is 5.56 Å². The average molecular weight is 358 g/mol. The molecule has 5 rings (SSSR count). The van der Waals surface area contributed by atoms with Crippen LogP contribution in [0.15, 0.2) is 47.4 Å². The summed E-state index contributed by atoms with van der Waals surface area (Å²) < 4.78 is 3.37. The molecule has 9 nitrogen and oxygen atoms in total. The van der Waals surface area contributed by atoms with Crippen LogP contribution < -0.4 is 5.56 Å². The molecular weight excluding hydrogens is 344 g/mol. The van der Waals surface area contributed by atoms with Crippen molar-refractivity contribution >= 4 is 22.2 Å². The maximum atomic E-state index is 11.7. The van der Waals surface area contributed by atoms with Crippen LogP contribution in [0.3, 0.4) is 0 Å². The topological polar surface area (TPSA) is 107 Å². The SMILES string of the molecule is Cc1ccn(-c2nc3[nH]c(=O)ccc3nc2-c2ccc3nnn(C)c3c2)n1. The van der Waals surface area contributed by atoms with E-state index in [-0.39, 0.29) is 5.56 Å². The summed E-state index contributed by atoms with van der Waals surface area (Å²) in [4.78, 5) is 23.8. The van der Waals surface area contributed by atoms with E-state index in [4.69, 9.17) is 4.98 Å². The number of H-pyrrole nitrogens is 1. The number of rotatable bonds is 2. The van der Waals surface area contributed by atoms with Gasteiger partial charge in [0.15, 0.2) is 11.5 Å². The van der Waals surface area contributed by atoms with Crippen molar-refractivity contribution in [3.63, 3.8) is 0 Å². The fourth-order valence-electron chi connectivity index (χ4n) is 3.03. The molecule has 9 heteroatoms. The Morgan fingerprint density at radius 1 is 1.04 bits per heavy atom. The van der Waals surface area contributed by atoms with Crippen LogP contribution in [0.4, 0.5) is 0 Å². The molecule has 27 heavy (non-hydrogen) atoms. The van der Waals surface area contributed by atoms with E-state index in [9.17, 15) is 4.79 Å². The second kappa shape index (κ2) is 5.56. The zero-order chi connectivity index (χ0) is 18.5. The minimum Gasteiger partial charge on any atom is -0.305 e. The second-order valence-electron chi connectivity index (χ2n) is 6.27. The van der Waals surface area contributed by atoms with Crippen molar-refractivity contribution in [2.75, 3.05) is 0 Å². The summed E-state index contributed by atoms with van der Waals surface area (Å²) in [7, 11) is 1.84. The molecule has 0 aliphatic carbocycles. The first kappa shape index (κ1) is 15.4. The highest BCUT2D eigenvalue weighted by molar-refractivity contribution is 5.84. The molecule has 4 heterocycles. The molecule has 132 valence electrons. The molecule has 1 N–H and O–H groups in total. The van der Waals surface area contributed by atoms with Crippen LogP contribution in [-0.4, -0.2) is 39.7 Å². The van der Waals surface area contributed by atoms with Gasteiger partial charge in [0.05, 0.1) is 11.2 Å². The molecule has 0 saturated heterocycles. The fourth-order valence-corrected chi connectivity index (χ4v) is 3.03. The molecule has 0 radical (unpaired) electrons. The van der Waals surface area contributed by atoms with E-state index >= 15 is 0 Å². The van der Waals surface area contributed by atoms with Crippen LogP contribution in [-0.2, 0) is 7.05 Å². The molecular formula is C18H14N8O. The van der Waals surface area contributed by atoms with E-state index in [1.165, 1.54) is 6.07 Å². The lowest BCUT2D eigenvalue weighted by Crippen LogP contribution is -2.09. The normalized spacial score (nSPS) is 11.5. The maximum absolute atomic E-state index is 11.7. The highest BCUT2D eigenvalue weighted by Gasteiger charge is 2.16. The van der Waals surface area contributed by atoms with E-state index in [0.717, 1.165) is 22.3 Å². The van der Waals surface area contributed by atoms with Crippen molar-refractivity contribution in [2.24, 2.45) is 7.05 Å². The summed E-state index contributed by atoms with van der Waals surface area (Å²) in [6, 6.07) is 10.8. The number of hydrogen-bond acceptors (Lipinski definition) is 6. The Kier molecular flexibility index (Phi) is 3.17. The van der Waals surface area contributed by atoms with E-state index in [1.54, 1.807) is 15.4 Å². The highest BCUT2D eigenvalue weighted by atomic mass is 16.1. The molecule has 0 spiro atoms. The van der Waals surface area contributed by atoms with E-state index in [2.05, 4.69) is 25.4 Å². The Bertz CT molecular complexity index is 1380. The van der Waals surface area contributed by atoms with Crippen molar-refractivity contribution in [1.82, 2.24) is 39.7 Å². The van der Waals surface area contributed by atoms with Crippen LogP contribution in [0, 0.1) is 6.92 Å². The van der Waals surface area contributed by atoms with Gasteiger partial charge in [0, 0.05) is 24.9 Å². The Morgan fingerprint density at radius 2 is 1.89 bits per heavy atom. The van der Waals surface area contributed by atoms with Gasteiger partial charge < -0.3 is 4.98 Å². The van der Waals surface area contributed by atoms with Crippen molar-refractivity contribution in [2.45, 2.75) is 6.92 Å². The first-order valence-corrected chi connectivity index (χ1v) is 8.32. The molecule has 1 aromatic carbocycles. The number of fused-ring (bicyclic) bond motifs is 2. The molecule has 0 atom stereocenters. The summed E-state index contributed by atoms with van der Waals surface area (Å²) in [6.07, 6.45) is 1.82. The molecule has 5 aromatic rings. The number of hydrogen-bond donors (Lipinski definition) is 1.